The number of H-pyrrole nitrogens is 1. The van der Waals surface area contributed by atoms with Gasteiger partial charge in [0, 0.05) is 54.9 Å². The van der Waals surface area contributed by atoms with Crippen LogP contribution in [0.25, 0.3) is 0 Å². The molecule has 0 atom stereocenters. The van der Waals surface area contributed by atoms with E-state index in [4.69, 9.17) is 4.74 Å². The molecule has 0 spiro atoms. The molecule has 4 rings (SSSR count). The Labute approximate surface area is 214 Å². The lowest BCUT2D eigenvalue weighted by molar-refractivity contribution is 0.0845. The van der Waals surface area contributed by atoms with Gasteiger partial charge >= 0.3 is 0 Å². The number of ether oxygens (including phenoxy) is 1. The lowest BCUT2D eigenvalue weighted by Crippen LogP contribution is -2.40. The second-order valence-corrected chi connectivity index (χ2v) is 9.32. The number of nitrogens with one attached hydrogen (secondary N) is 2. The summed E-state index contributed by atoms with van der Waals surface area (Å²) in [6.45, 7) is 6.77. The van der Waals surface area contributed by atoms with Gasteiger partial charge in [-0.2, -0.15) is 0 Å². The third-order valence-corrected chi connectivity index (χ3v) is 7.02. The molecule has 1 saturated heterocycles. The number of fused-ring (bicyclic) bond motifs is 2. The van der Waals surface area contributed by atoms with Crippen molar-refractivity contribution < 1.29 is 9.53 Å². The van der Waals surface area contributed by atoms with E-state index in [0.717, 1.165) is 87.2 Å². The lowest BCUT2D eigenvalue weighted by Gasteiger charge is -2.37. The van der Waals surface area contributed by atoms with Crippen LogP contribution in [0, 0.1) is 6.92 Å². The second-order valence-electron chi connectivity index (χ2n) is 9.32. The molecule has 0 aliphatic carbocycles. The van der Waals surface area contributed by atoms with Crippen LogP contribution in [0.4, 0.5) is 5.69 Å². The summed E-state index contributed by atoms with van der Waals surface area (Å²) in [6.07, 6.45) is 11.1. The third kappa shape index (κ3) is 6.56. The number of halogens is 1. The Balaban J connectivity index is 0.00000342. The number of anilines is 1. The molecule has 0 unspecified atom stereocenters. The summed E-state index contributed by atoms with van der Waals surface area (Å²) in [5, 5.41) is 3.05. The van der Waals surface area contributed by atoms with Gasteiger partial charge in [-0.1, -0.05) is 18.2 Å². The monoisotopic (exact) mass is 499 g/mol. The Morgan fingerprint density at radius 3 is 2.66 bits per heavy atom. The van der Waals surface area contributed by atoms with E-state index in [0.29, 0.717) is 17.2 Å². The smallest absolute Gasteiger partial charge is 0.253 e. The Kier molecular flexibility index (Phi) is 9.99. The molecule has 1 aromatic heterocycles. The zero-order valence-electron chi connectivity index (χ0n) is 20.9. The Hall–Kier alpha value is -2.57. The molecule has 0 radical (unpaired) electrons. The number of aromatic amines is 1. The summed E-state index contributed by atoms with van der Waals surface area (Å²) < 4.78 is 5.59. The van der Waals surface area contributed by atoms with Gasteiger partial charge in [-0.15, -0.1) is 12.4 Å². The predicted octanol–water partition coefficient (Wildman–Crippen LogP) is 4.87. The molecular formula is C28H38ClN3O3. The highest BCUT2D eigenvalue weighted by atomic mass is 35.5. The average molecular weight is 500 g/mol. The highest BCUT2D eigenvalue weighted by Crippen LogP contribution is 2.30. The van der Waals surface area contributed by atoms with Gasteiger partial charge < -0.3 is 19.9 Å². The van der Waals surface area contributed by atoms with E-state index >= 15 is 0 Å². The zero-order chi connectivity index (χ0) is 23.9. The SMILES string of the molecule is CCN(c1cccc2c1C/C=C/CCCCc1cc(C)[nH]c(=O)c1CNC2=O)C1CCOCC1.Cl. The summed E-state index contributed by atoms with van der Waals surface area (Å²) in [4.78, 5) is 31.5. The summed E-state index contributed by atoms with van der Waals surface area (Å²) in [5.41, 5.74) is 5.34. The highest BCUT2D eigenvalue weighted by molar-refractivity contribution is 5.97. The summed E-state index contributed by atoms with van der Waals surface area (Å²) in [6, 6.07) is 8.49. The molecule has 1 amide bonds. The highest BCUT2D eigenvalue weighted by Gasteiger charge is 2.25. The van der Waals surface area contributed by atoms with Gasteiger partial charge in [0.15, 0.2) is 0 Å². The first kappa shape index (κ1) is 27.0. The molecule has 1 fully saturated rings. The van der Waals surface area contributed by atoms with Gasteiger partial charge in [-0.3, -0.25) is 9.59 Å². The van der Waals surface area contributed by atoms with Gasteiger partial charge in [0.25, 0.3) is 11.5 Å². The fourth-order valence-corrected chi connectivity index (χ4v) is 5.26. The van der Waals surface area contributed by atoms with E-state index in [1.54, 1.807) is 0 Å². The number of carbonyl (C=O) groups excluding carboxylic acids is 1. The molecule has 2 aromatic rings. The Bertz CT molecular complexity index is 1090. The first-order valence-corrected chi connectivity index (χ1v) is 12.7. The molecule has 190 valence electrons. The van der Waals surface area contributed by atoms with Gasteiger partial charge in [0.2, 0.25) is 0 Å². The number of rotatable bonds is 3. The van der Waals surface area contributed by atoms with Gasteiger partial charge in [-0.05, 0) is 88.1 Å². The topological polar surface area (TPSA) is 74.4 Å². The fraction of sp³-hybridized carbons (Fsp3) is 0.500. The largest absolute Gasteiger partial charge is 0.381 e. The summed E-state index contributed by atoms with van der Waals surface area (Å²) >= 11 is 0. The van der Waals surface area contributed by atoms with Crippen LogP contribution in [0.2, 0.25) is 0 Å². The number of carbonyl (C=O) groups is 1. The van der Waals surface area contributed by atoms with Crippen LogP contribution in [-0.2, 0) is 24.1 Å². The quantitative estimate of drug-likeness (QED) is 0.591. The van der Waals surface area contributed by atoms with Crippen LogP contribution in [0.15, 0.2) is 41.2 Å². The third-order valence-electron chi connectivity index (χ3n) is 7.02. The molecule has 2 aliphatic rings. The van der Waals surface area contributed by atoms with Crippen molar-refractivity contribution >= 4 is 24.0 Å². The molecule has 3 heterocycles. The molecule has 0 bridgehead atoms. The number of allylic oxidation sites excluding steroid dienone is 2. The van der Waals surface area contributed by atoms with Crippen LogP contribution in [0.5, 0.6) is 0 Å². The number of amides is 1. The zero-order valence-corrected chi connectivity index (χ0v) is 21.7. The van der Waals surface area contributed by atoms with Crippen molar-refractivity contribution in [2.45, 2.75) is 71.4 Å². The number of nitrogens with zero attached hydrogens (tertiary/aromatic N) is 1. The van der Waals surface area contributed by atoms with Crippen LogP contribution in [0.1, 0.15) is 71.8 Å². The van der Waals surface area contributed by atoms with Crippen LogP contribution < -0.4 is 15.8 Å². The Morgan fingerprint density at radius 2 is 1.89 bits per heavy atom. The number of aryl methyl sites for hydroxylation is 2. The summed E-state index contributed by atoms with van der Waals surface area (Å²) in [5.74, 6) is -0.128. The van der Waals surface area contributed by atoms with Crippen molar-refractivity contribution in [1.29, 1.82) is 0 Å². The van der Waals surface area contributed by atoms with E-state index in [1.807, 2.05) is 25.1 Å². The first-order chi connectivity index (χ1) is 16.6. The van der Waals surface area contributed by atoms with Crippen LogP contribution in [0.3, 0.4) is 0 Å². The minimum Gasteiger partial charge on any atom is -0.381 e. The fourth-order valence-electron chi connectivity index (χ4n) is 5.26. The maximum atomic E-state index is 13.4. The van der Waals surface area contributed by atoms with E-state index < -0.39 is 0 Å². The maximum absolute atomic E-state index is 13.4. The van der Waals surface area contributed by atoms with E-state index in [9.17, 15) is 9.59 Å². The number of pyridine rings is 1. The molecule has 35 heavy (non-hydrogen) atoms. The standard InChI is InChI=1S/C28H37N3O3.ClH/c1-3-31(22-14-16-34-17-15-22)26-13-9-12-24-23(26)11-8-6-4-5-7-10-21-18-20(2)30-28(33)25(21)19-29-27(24)32;/h6,8-9,12-13,18,22H,3-5,7,10-11,14-17,19H2,1-2H3,(H,29,32)(H,30,33);1H/b8-6+;. The second kappa shape index (κ2) is 12.9. The van der Waals surface area contributed by atoms with Crippen molar-refractivity contribution in [2.75, 3.05) is 24.7 Å². The molecule has 2 N–H and O–H groups in total. The lowest BCUT2D eigenvalue weighted by atomic mass is 9.96. The normalized spacial score (nSPS) is 18.3. The molecular weight excluding hydrogens is 462 g/mol. The van der Waals surface area contributed by atoms with Crippen molar-refractivity contribution in [3.8, 4) is 0 Å². The van der Waals surface area contributed by atoms with Gasteiger partial charge in [-0.25, -0.2) is 0 Å². The van der Waals surface area contributed by atoms with Gasteiger partial charge in [0.1, 0.15) is 0 Å². The molecule has 2 aliphatic heterocycles. The minimum atomic E-state index is -0.128. The van der Waals surface area contributed by atoms with Crippen LogP contribution >= 0.6 is 12.4 Å². The van der Waals surface area contributed by atoms with Crippen molar-refractivity contribution in [2.24, 2.45) is 0 Å². The van der Waals surface area contributed by atoms with E-state index in [1.165, 1.54) is 0 Å². The van der Waals surface area contributed by atoms with Crippen molar-refractivity contribution in [3.63, 3.8) is 0 Å². The average Bonchev–Trinajstić information content (AvgIpc) is 2.84. The summed E-state index contributed by atoms with van der Waals surface area (Å²) in [7, 11) is 0. The van der Waals surface area contributed by atoms with Crippen molar-refractivity contribution in [3.05, 3.63) is 74.7 Å². The number of hydrogen-bond acceptors (Lipinski definition) is 4. The number of hydrogen-bond donors (Lipinski definition) is 2. The molecule has 6 nitrogen and oxygen atoms in total. The first-order valence-electron chi connectivity index (χ1n) is 12.7. The predicted molar refractivity (Wildman–Crippen MR) is 144 cm³/mol. The van der Waals surface area contributed by atoms with Crippen molar-refractivity contribution in [1.82, 2.24) is 10.3 Å². The molecule has 1 aromatic carbocycles. The number of aromatic nitrogens is 1. The molecule has 7 heteroatoms. The maximum Gasteiger partial charge on any atom is 0.253 e. The number of benzene rings is 1. The Morgan fingerprint density at radius 1 is 1.09 bits per heavy atom. The van der Waals surface area contributed by atoms with Crippen LogP contribution in [-0.4, -0.2) is 36.7 Å². The minimum absolute atomic E-state index is 0. The van der Waals surface area contributed by atoms with E-state index in [-0.39, 0.29) is 30.4 Å². The van der Waals surface area contributed by atoms with E-state index in [2.05, 4.69) is 40.3 Å². The van der Waals surface area contributed by atoms with Gasteiger partial charge in [0.05, 0.1) is 0 Å². The molecule has 0 saturated carbocycles.